The molecule has 5 nitrogen and oxygen atoms in total. The molecule has 1 aromatic heterocycles. The first kappa shape index (κ1) is 15.4. The highest BCUT2D eigenvalue weighted by Gasteiger charge is 2.38. The zero-order chi connectivity index (χ0) is 16.5. The number of piperidine rings is 1. The van der Waals surface area contributed by atoms with E-state index < -0.39 is 0 Å². The van der Waals surface area contributed by atoms with E-state index in [1.54, 1.807) is 36.5 Å². The van der Waals surface area contributed by atoms with Gasteiger partial charge in [0.25, 0.3) is 5.91 Å². The van der Waals surface area contributed by atoms with E-state index in [-0.39, 0.29) is 11.9 Å². The molecule has 3 atom stereocenters. The molecule has 0 radical (unpaired) electrons. The summed E-state index contributed by atoms with van der Waals surface area (Å²) in [7, 11) is 0. The third kappa shape index (κ3) is 3.09. The third-order valence-electron chi connectivity index (χ3n) is 4.73. The first-order valence-electron chi connectivity index (χ1n) is 8.10. The Morgan fingerprint density at radius 1 is 1.25 bits per heavy atom. The number of carbonyl (C=O) groups excluding carboxylic acids is 1. The summed E-state index contributed by atoms with van der Waals surface area (Å²) in [6.45, 7) is 3.25. The van der Waals surface area contributed by atoms with E-state index in [9.17, 15) is 4.79 Å². The number of halogens is 1. The third-order valence-corrected chi connectivity index (χ3v) is 5.01. The molecule has 1 N–H and O–H groups in total. The van der Waals surface area contributed by atoms with Crippen molar-refractivity contribution >= 4 is 17.5 Å². The lowest BCUT2D eigenvalue weighted by molar-refractivity contribution is 0.0924. The molecule has 1 amide bonds. The minimum Gasteiger partial charge on any atom is -0.456 e. The Kier molecular flexibility index (Phi) is 4.12. The fraction of sp³-hybridized carbons (Fsp3) is 0.333. The summed E-state index contributed by atoms with van der Waals surface area (Å²) in [6, 6.07) is 9.07. The molecule has 0 spiro atoms. The Hall–Kier alpha value is -2.11. The number of ether oxygens (including phenoxy) is 1. The van der Waals surface area contributed by atoms with Crippen LogP contribution < -0.4 is 10.1 Å². The minimum atomic E-state index is -0.0257. The number of nitrogens with one attached hydrogen (secondary N) is 1. The van der Waals surface area contributed by atoms with Gasteiger partial charge in [0, 0.05) is 43.2 Å². The molecule has 2 fully saturated rings. The number of rotatable bonds is 4. The molecule has 3 heterocycles. The summed E-state index contributed by atoms with van der Waals surface area (Å²) in [5.74, 6) is 1.75. The average molecular weight is 344 g/mol. The number of fused-ring (bicyclic) bond motifs is 2. The van der Waals surface area contributed by atoms with Crippen LogP contribution in [0.5, 0.6) is 11.5 Å². The number of carbonyl (C=O) groups is 1. The van der Waals surface area contributed by atoms with Crippen LogP contribution in [0.2, 0.25) is 5.02 Å². The second-order valence-corrected chi connectivity index (χ2v) is 6.73. The first-order chi connectivity index (χ1) is 11.7. The van der Waals surface area contributed by atoms with E-state index in [0.717, 1.165) is 13.1 Å². The fourth-order valence-electron chi connectivity index (χ4n) is 3.45. The first-order valence-corrected chi connectivity index (χ1v) is 8.47. The highest BCUT2D eigenvalue weighted by molar-refractivity contribution is 6.31. The molecule has 2 aliphatic heterocycles. The molecule has 2 bridgehead atoms. The van der Waals surface area contributed by atoms with Gasteiger partial charge in [-0.3, -0.25) is 9.78 Å². The maximum atomic E-state index is 12.4. The predicted octanol–water partition coefficient (Wildman–Crippen LogP) is 2.96. The van der Waals surface area contributed by atoms with Crippen LogP contribution in [0.15, 0.2) is 42.7 Å². The lowest BCUT2D eigenvalue weighted by Crippen LogP contribution is -2.43. The minimum absolute atomic E-state index is 0.0257. The Morgan fingerprint density at radius 2 is 2.08 bits per heavy atom. The molecule has 6 heteroatoms. The summed E-state index contributed by atoms with van der Waals surface area (Å²) in [5, 5.41) is 3.60. The summed E-state index contributed by atoms with van der Waals surface area (Å²) in [5.41, 5.74) is 0.640. The van der Waals surface area contributed by atoms with Crippen molar-refractivity contribution in [3.63, 3.8) is 0 Å². The van der Waals surface area contributed by atoms with E-state index in [0.29, 0.717) is 28.0 Å². The summed E-state index contributed by atoms with van der Waals surface area (Å²) < 4.78 is 5.71. The molecule has 0 aliphatic carbocycles. The highest BCUT2D eigenvalue weighted by Crippen LogP contribution is 2.29. The van der Waals surface area contributed by atoms with E-state index in [4.69, 9.17) is 16.3 Å². The molecule has 3 unspecified atom stereocenters. The number of amides is 1. The van der Waals surface area contributed by atoms with Crippen molar-refractivity contribution in [3.8, 4) is 11.5 Å². The van der Waals surface area contributed by atoms with Crippen LogP contribution in [0.1, 0.15) is 16.8 Å². The molecule has 4 rings (SSSR count). The van der Waals surface area contributed by atoms with Gasteiger partial charge in [-0.2, -0.15) is 0 Å². The smallest absolute Gasteiger partial charge is 0.251 e. The molecule has 24 heavy (non-hydrogen) atoms. The Morgan fingerprint density at radius 3 is 2.75 bits per heavy atom. The number of nitrogens with zero attached hydrogens (tertiary/aromatic N) is 2. The van der Waals surface area contributed by atoms with Crippen molar-refractivity contribution in [2.24, 2.45) is 5.92 Å². The van der Waals surface area contributed by atoms with Crippen molar-refractivity contribution in [1.29, 1.82) is 0 Å². The topological polar surface area (TPSA) is 54.5 Å². The zero-order valence-corrected chi connectivity index (χ0v) is 13.9. The van der Waals surface area contributed by atoms with Gasteiger partial charge in [-0.05, 0) is 43.1 Å². The highest BCUT2D eigenvalue weighted by atomic mass is 35.5. The predicted molar refractivity (Wildman–Crippen MR) is 91.6 cm³/mol. The van der Waals surface area contributed by atoms with Gasteiger partial charge in [-0.1, -0.05) is 11.6 Å². The van der Waals surface area contributed by atoms with Crippen molar-refractivity contribution in [3.05, 3.63) is 53.3 Å². The lowest BCUT2D eigenvalue weighted by Gasteiger charge is -2.23. The molecule has 1 aromatic carbocycles. The van der Waals surface area contributed by atoms with Gasteiger partial charge >= 0.3 is 0 Å². The Bertz CT molecular complexity index is 750. The quantitative estimate of drug-likeness (QED) is 0.927. The molecule has 2 aliphatic rings. The average Bonchev–Trinajstić information content (AvgIpc) is 3.20. The molecular weight excluding hydrogens is 326 g/mol. The number of benzene rings is 1. The standard InChI is InChI=1S/C18H18ClN3O2/c19-15-9-20-7-5-17(15)24-14-3-1-12(2-4-14)18(23)21-16-11-22-8-6-13(16)10-22/h1-5,7,9,13,16H,6,8,10-11H2,(H,21,23). The van der Waals surface area contributed by atoms with Gasteiger partial charge in [-0.15, -0.1) is 0 Å². The Labute approximate surface area is 145 Å². The van der Waals surface area contributed by atoms with Crippen LogP contribution in [0.4, 0.5) is 0 Å². The second-order valence-electron chi connectivity index (χ2n) is 6.32. The van der Waals surface area contributed by atoms with Crippen LogP contribution in [0.3, 0.4) is 0 Å². The van der Waals surface area contributed by atoms with E-state index in [1.807, 2.05) is 0 Å². The monoisotopic (exact) mass is 343 g/mol. The van der Waals surface area contributed by atoms with Crippen molar-refractivity contribution < 1.29 is 9.53 Å². The van der Waals surface area contributed by atoms with Gasteiger partial charge in [0.15, 0.2) is 0 Å². The van der Waals surface area contributed by atoms with E-state index >= 15 is 0 Å². The number of aromatic nitrogens is 1. The van der Waals surface area contributed by atoms with Crippen molar-refractivity contribution in [2.45, 2.75) is 12.5 Å². The van der Waals surface area contributed by atoms with E-state index in [2.05, 4.69) is 15.2 Å². The van der Waals surface area contributed by atoms with Crippen LogP contribution in [-0.4, -0.2) is 41.5 Å². The van der Waals surface area contributed by atoms with Crippen molar-refractivity contribution in [1.82, 2.24) is 15.2 Å². The molecular formula is C18H18ClN3O2. The van der Waals surface area contributed by atoms with Gasteiger partial charge in [-0.25, -0.2) is 0 Å². The zero-order valence-electron chi connectivity index (χ0n) is 13.1. The number of pyridine rings is 1. The van der Waals surface area contributed by atoms with E-state index in [1.165, 1.54) is 19.2 Å². The molecule has 124 valence electrons. The second kappa shape index (κ2) is 6.42. The van der Waals surface area contributed by atoms with Gasteiger partial charge in [0.05, 0.1) is 0 Å². The molecule has 2 aromatic rings. The van der Waals surface area contributed by atoms with Crippen molar-refractivity contribution in [2.75, 3.05) is 19.6 Å². The molecule has 2 saturated heterocycles. The van der Waals surface area contributed by atoms with Crippen LogP contribution >= 0.6 is 11.6 Å². The SMILES string of the molecule is O=C(NC1CN2CCC1C2)c1ccc(Oc2ccncc2Cl)cc1. The fourth-order valence-corrected chi connectivity index (χ4v) is 3.60. The van der Waals surface area contributed by atoms with Gasteiger partial charge < -0.3 is 15.0 Å². The number of hydrogen-bond donors (Lipinski definition) is 1. The number of hydrogen-bond acceptors (Lipinski definition) is 4. The van der Waals surface area contributed by atoms with Gasteiger partial charge in [0.1, 0.15) is 16.5 Å². The normalized spacial score (nSPS) is 24.8. The van der Waals surface area contributed by atoms with Crippen LogP contribution in [0, 0.1) is 5.92 Å². The largest absolute Gasteiger partial charge is 0.456 e. The Balaban J connectivity index is 1.40. The lowest BCUT2D eigenvalue weighted by atomic mass is 9.99. The van der Waals surface area contributed by atoms with Gasteiger partial charge in [0.2, 0.25) is 0 Å². The van der Waals surface area contributed by atoms with Crippen LogP contribution in [0.25, 0.3) is 0 Å². The molecule has 0 saturated carbocycles. The maximum absolute atomic E-state index is 12.4. The summed E-state index contributed by atoms with van der Waals surface area (Å²) in [6.07, 6.45) is 4.34. The summed E-state index contributed by atoms with van der Waals surface area (Å²) >= 11 is 6.03. The maximum Gasteiger partial charge on any atom is 0.251 e. The van der Waals surface area contributed by atoms with Crippen LogP contribution in [-0.2, 0) is 0 Å². The summed E-state index contributed by atoms with van der Waals surface area (Å²) in [4.78, 5) is 18.7.